The molecule has 3 fully saturated rings. The minimum atomic E-state index is -0.729. The molecule has 2 N–H and O–H groups in total. The van der Waals surface area contributed by atoms with Crippen LogP contribution in [0, 0.1) is 71.0 Å². The summed E-state index contributed by atoms with van der Waals surface area (Å²) in [5, 5.41) is 19.5. The third kappa shape index (κ3) is 4.39. The molecule has 0 spiro atoms. The standard InChI is InChI=1S/C38H40O8/c39-33(40)3-1-2-21-27(13-20-5-11-30-32(15-20)46-18-44-30)37-23-8-9-25(35(21)37)36-22(23)6-7-24-26(28(38(24)36)16-34(41)42)12-19-4-10-29-31(14-19)45-17-43-29/h4-11,14-15,21-28,35-38H,1-3,12-13,16-18H2,(H,39,40)(H,41,42). The fourth-order valence-corrected chi connectivity index (χ4v) is 11.4. The summed E-state index contributed by atoms with van der Waals surface area (Å²) in [5.74, 6) is 6.60. The van der Waals surface area contributed by atoms with Crippen molar-refractivity contribution in [2.24, 2.45) is 71.0 Å². The van der Waals surface area contributed by atoms with Crippen LogP contribution in [0.5, 0.6) is 23.0 Å². The Bertz CT molecular complexity index is 1630. The van der Waals surface area contributed by atoms with Crippen LogP contribution in [0.25, 0.3) is 0 Å². The molecule has 2 aromatic rings. The average molecular weight is 625 g/mol. The second kappa shape index (κ2) is 10.8. The minimum Gasteiger partial charge on any atom is -0.481 e. The number of aliphatic carboxylic acids is 2. The molecule has 2 aromatic carbocycles. The van der Waals surface area contributed by atoms with Crippen LogP contribution in [0.4, 0.5) is 0 Å². The number of carbonyl (C=O) groups is 2. The van der Waals surface area contributed by atoms with Crippen molar-refractivity contribution in [3.63, 3.8) is 0 Å². The van der Waals surface area contributed by atoms with Crippen LogP contribution in [0.3, 0.4) is 0 Å². The number of fused-ring (bicyclic) bond motifs is 3. The van der Waals surface area contributed by atoms with E-state index in [1.165, 1.54) is 11.1 Å². The fraction of sp³-hybridized carbons (Fsp3) is 0.526. The first-order valence-electron chi connectivity index (χ1n) is 17.0. The van der Waals surface area contributed by atoms with Crippen LogP contribution in [-0.4, -0.2) is 35.7 Å². The lowest BCUT2D eigenvalue weighted by Gasteiger charge is -2.71. The molecule has 2 bridgehead atoms. The Morgan fingerprint density at radius 1 is 0.587 bits per heavy atom. The van der Waals surface area contributed by atoms with Crippen molar-refractivity contribution >= 4 is 11.9 Å². The van der Waals surface area contributed by atoms with Crippen molar-refractivity contribution in [1.29, 1.82) is 0 Å². The van der Waals surface area contributed by atoms with Gasteiger partial charge in [0.2, 0.25) is 13.6 Å². The molecule has 3 saturated carbocycles. The Morgan fingerprint density at radius 3 is 1.78 bits per heavy atom. The average Bonchev–Trinajstić information content (AvgIpc) is 3.71. The van der Waals surface area contributed by atoms with E-state index >= 15 is 0 Å². The summed E-state index contributed by atoms with van der Waals surface area (Å²) in [4.78, 5) is 23.7. The molecule has 8 nitrogen and oxygen atoms in total. The quantitative estimate of drug-likeness (QED) is 0.299. The van der Waals surface area contributed by atoms with Crippen molar-refractivity contribution < 1.29 is 38.7 Å². The predicted octanol–water partition coefficient (Wildman–Crippen LogP) is 6.23. The number of ether oxygens (including phenoxy) is 4. The maximum Gasteiger partial charge on any atom is 0.303 e. The highest BCUT2D eigenvalue weighted by molar-refractivity contribution is 5.67. The highest BCUT2D eigenvalue weighted by Crippen LogP contribution is 2.71. The summed E-state index contributed by atoms with van der Waals surface area (Å²) in [6, 6.07) is 12.4. The number of rotatable bonds is 10. The maximum absolute atomic E-state index is 12.3. The van der Waals surface area contributed by atoms with Gasteiger partial charge in [-0.05, 0) is 132 Å². The topological polar surface area (TPSA) is 112 Å². The molecule has 8 aliphatic rings. The molecule has 0 radical (unpaired) electrons. The zero-order valence-electron chi connectivity index (χ0n) is 25.7. The van der Waals surface area contributed by atoms with Gasteiger partial charge in [-0.2, -0.15) is 0 Å². The Kier molecular flexibility index (Phi) is 6.65. The fourth-order valence-electron chi connectivity index (χ4n) is 11.4. The summed E-state index contributed by atoms with van der Waals surface area (Å²) >= 11 is 0. The van der Waals surface area contributed by atoms with Crippen LogP contribution >= 0.6 is 0 Å². The van der Waals surface area contributed by atoms with E-state index in [0.29, 0.717) is 65.6 Å². The molecule has 240 valence electrons. The molecular formula is C38H40O8. The molecule has 2 aliphatic heterocycles. The first-order valence-corrected chi connectivity index (χ1v) is 17.0. The number of benzene rings is 2. The van der Waals surface area contributed by atoms with Crippen molar-refractivity contribution in [3.05, 3.63) is 71.8 Å². The third-order valence-electron chi connectivity index (χ3n) is 12.9. The lowest BCUT2D eigenvalue weighted by Crippen LogP contribution is -2.67. The van der Waals surface area contributed by atoms with Crippen LogP contribution in [0.2, 0.25) is 0 Å². The smallest absolute Gasteiger partial charge is 0.303 e. The summed E-state index contributed by atoms with van der Waals surface area (Å²) in [7, 11) is 0. The van der Waals surface area contributed by atoms with E-state index in [4.69, 9.17) is 18.9 Å². The Labute approximate surface area is 268 Å². The van der Waals surface area contributed by atoms with Crippen molar-refractivity contribution in [2.45, 2.75) is 38.5 Å². The van der Waals surface area contributed by atoms with E-state index in [-0.39, 0.29) is 38.3 Å². The van der Waals surface area contributed by atoms with E-state index < -0.39 is 11.9 Å². The van der Waals surface area contributed by atoms with Crippen LogP contribution < -0.4 is 18.9 Å². The number of hydrogen-bond donors (Lipinski definition) is 2. The third-order valence-corrected chi connectivity index (χ3v) is 12.9. The number of carboxylic acid groups (broad SMARTS) is 2. The minimum absolute atomic E-state index is 0.131. The van der Waals surface area contributed by atoms with Crippen LogP contribution in [0.15, 0.2) is 60.7 Å². The van der Waals surface area contributed by atoms with Gasteiger partial charge in [-0.1, -0.05) is 36.4 Å². The molecule has 0 saturated heterocycles. The van der Waals surface area contributed by atoms with E-state index in [1.54, 1.807) is 0 Å². The summed E-state index contributed by atoms with van der Waals surface area (Å²) < 4.78 is 22.4. The van der Waals surface area contributed by atoms with Gasteiger partial charge in [-0.3, -0.25) is 9.59 Å². The Balaban J connectivity index is 1.000. The largest absolute Gasteiger partial charge is 0.481 e. The SMILES string of the molecule is O=C(O)CCCC1C(Cc2ccc3c(c2)OCO3)C2C3C=CC(C4C3C=CC3C(Cc5ccc6c(c5)OCO6)C(CC(=O)O)C34)C12. The van der Waals surface area contributed by atoms with Gasteiger partial charge in [0.25, 0.3) is 0 Å². The Hall–Kier alpha value is -3.94. The number of hydrogen-bond acceptors (Lipinski definition) is 6. The molecule has 0 aromatic heterocycles. The number of carboxylic acids is 2. The van der Waals surface area contributed by atoms with Gasteiger partial charge in [0.05, 0.1) is 0 Å². The lowest BCUT2D eigenvalue weighted by atomic mass is 9.33. The zero-order chi connectivity index (χ0) is 31.1. The van der Waals surface area contributed by atoms with Gasteiger partial charge < -0.3 is 29.2 Å². The first kappa shape index (κ1) is 28.3. The van der Waals surface area contributed by atoms with E-state index in [9.17, 15) is 19.8 Å². The summed E-state index contributed by atoms with van der Waals surface area (Å²) in [5.41, 5.74) is 2.43. The van der Waals surface area contributed by atoms with Gasteiger partial charge in [0.15, 0.2) is 23.0 Å². The predicted molar refractivity (Wildman–Crippen MR) is 166 cm³/mol. The molecule has 2 heterocycles. The molecule has 46 heavy (non-hydrogen) atoms. The molecule has 10 rings (SSSR count). The van der Waals surface area contributed by atoms with E-state index in [1.807, 2.05) is 12.1 Å². The summed E-state index contributed by atoms with van der Waals surface area (Å²) in [6.45, 7) is 0.505. The van der Waals surface area contributed by atoms with Crippen LogP contribution in [-0.2, 0) is 22.4 Å². The molecule has 0 amide bonds. The van der Waals surface area contributed by atoms with Gasteiger partial charge in [0, 0.05) is 12.8 Å². The lowest BCUT2D eigenvalue weighted by molar-refractivity contribution is -0.192. The van der Waals surface area contributed by atoms with E-state index in [0.717, 1.165) is 42.3 Å². The molecular weight excluding hydrogens is 584 g/mol. The second-order valence-corrected chi connectivity index (χ2v) is 14.7. The number of allylic oxidation sites excluding steroid dienone is 4. The maximum atomic E-state index is 12.3. The van der Waals surface area contributed by atoms with Crippen molar-refractivity contribution in [2.75, 3.05) is 13.6 Å². The van der Waals surface area contributed by atoms with Crippen LogP contribution in [0.1, 0.15) is 36.8 Å². The van der Waals surface area contributed by atoms with Gasteiger partial charge >= 0.3 is 11.9 Å². The zero-order valence-corrected chi connectivity index (χ0v) is 25.7. The molecule has 12 unspecified atom stereocenters. The van der Waals surface area contributed by atoms with E-state index in [2.05, 4.69) is 48.6 Å². The first-order chi connectivity index (χ1) is 22.4. The molecule has 6 aliphatic carbocycles. The second-order valence-electron chi connectivity index (χ2n) is 14.7. The highest BCUT2D eigenvalue weighted by atomic mass is 16.7. The molecule has 8 heteroatoms. The van der Waals surface area contributed by atoms with Gasteiger partial charge in [0.1, 0.15) is 0 Å². The van der Waals surface area contributed by atoms with Gasteiger partial charge in [-0.15, -0.1) is 0 Å². The van der Waals surface area contributed by atoms with Gasteiger partial charge in [-0.25, -0.2) is 0 Å². The highest BCUT2D eigenvalue weighted by Gasteiger charge is 2.67. The normalized spacial score (nSPS) is 37.9. The summed E-state index contributed by atoms with van der Waals surface area (Å²) in [6.07, 6.45) is 13.7. The molecule has 12 atom stereocenters. The Morgan fingerprint density at radius 2 is 1.13 bits per heavy atom. The van der Waals surface area contributed by atoms with Crippen molar-refractivity contribution in [3.8, 4) is 23.0 Å². The monoisotopic (exact) mass is 624 g/mol. The van der Waals surface area contributed by atoms with Crippen molar-refractivity contribution in [1.82, 2.24) is 0 Å².